The summed E-state index contributed by atoms with van der Waals surface area (Å²) in [6.45, 7) is 0.625. The topological polar surface area (TPSA) is 22.1 Å². The molecule has 2 nitrogen and oxygen atoms in total. The smallest absolute Gasteiger partial charge is 0.114 e. The van der Waals surface area contributed by atoms with Crippen LogP contribution in [0.2, 0.25) is 0 Å². The van der Waals surface area contributed by atoms with Crippen LogP contribution in [-0.4, -0.2) is 12.1 Å². The quantitative estimate of drug-likeness (QED) is 0.663. The highest BCUT2D eigenvalue weighted by Crippen LogP contribution is 2.11. The Hall–Kier alpha value is -2.63. The van der Waals surface area contributed by atoms with Gasteiger partial charge in [-0.05, 0) is 35.7 Å². The van der Waals surface area contributed by atoms with Crippen molar-refractivity contribution in [2.45, 2.75) is 6.61 Å². The summed E-state index contributed by atoms with van der Waals surface area (Å²) in [6, 6.07) is 20.1. The van der Waals surface area contributed by atoms with Crippen LogP contribution in [-0.2, 0) is 11.3 Å². The van der Waals surface area contributed by atoms with Crippen LogP contribution in [0.4, 0.5) is 0 Å². The number of benzene rings is 2. The molecule has 2 aromatic carbocycles. The third kappa shape index (κ3) is 3.28. The predicted octanol–water partition coefficient (Wildman–Crippen LogP) is 3.78. The molecule has 3 rings (SSSR count). The summed E-state index contributed by atoms with van der Waals surface area (Å²) in [4.78, 5) is 4.54. The number of pyridine rings is 1. The molecule has 0 radical (unpaired) electrons. The van der Waals surface area contributed by atoms with Crippen molar-refractivity contribution in [1.82, 2.24) is 4.98 Å². The van der Waals surface area contributed by atoms with E-state index in [4.69, 9.17) is 4.74 Å². The molecule has 0 bridgehead atoms. The number of para-hydroxylation sites is 1. The summed E-state index contributed by atoms with van der Waals surface area (Å²) in [6.07, 6.45) is 0. The highest BCUT2D eigenvalue weighted by molar-refractivity contribution is 5.78. The summed E-state index contributed by atoms with van der Waals surface area (Å²) < 4.78 is 5.09. The molecular formula is C19H15NO. The van der Waals surface area contributed by atoms with Crippen LogP contribution in [0.15, 0.2) is 60.7 Å². The van der Waals surface area contributed by atoms with Crippen LogP contribution < -0.4 is 0 Å². The fourth-order valence-corrected chi connectivity index (χ4v) is 2.12. The maximum absolute atomic E-state index is 5.09. The molecule has 21 heavy (non-hydrogen) atoms. The minimum Gasteiger partial charge on any atom is -0.380 e. The van der Waals surface area contributed by atoms with Crippen LogP contribution in [0.3, 0.4) is 0 Å². The molecule has 1 aromatic heterocycles. The van der Waals surface area contributed by atoms with E-state index in [9.17, 15) is 0 Å². The van der Waals surface area contributed by atoms with Gasteiger partial charge in [-0.15, -0.1) is 0 Å². The number of ether oxygens (including phenoxy) is 1. The molecule has 0 aliphatic rings. The first-order valence-corrected chi connectivity index (χ1v) is 6.81. The van der Waals surface area contributed by atoms with Gasteiger partial charge in [-0.2, -0.15) is 0 Å². The predicted molar refractivity (Wildman–Crippen MR) is 84.9 cm³/mol. The van der Waals surface area contributed by atoms with Gasteiger partial charge in [0.2, 0.25) is 0 Å². The Kier molecular flexibility index (Phi) is 3.95. The van der Waals surface area contributed by atoms with Gasteiger partial charge in [0.1, 0.15) is 5.69 Å². The van der Waals surface area contributed by atoms with Crippen molar-refractivity contribution >= 4 is 10.9 Å². The average molecular weight is 273 g/mol. The van der Waals surface area contributed by atoms with E-state index in [-0.39, 0.29) is 0 Å². The van der Waals surface area contributed by atoms with Crippen molar-refractivity contribution in [2.75, 3.05) is 7.11 Å². The summed E-state index contributed by atoms with van der Waals surface area (Å²) in [5.41, 5.74) is 3.88. The van der Waals surface area contributed by atoms with Crippen molar-refractivity contribution in [3.63, 3.8) is 0 Å². The van der Waals surface area contributed by atoms with Gasteiger partial charge in [0, 0.05) is 18.1 Å². The third-order valence-electron chi connectivity index (χ3n) is 3.20. The lowest BCUT2D eigenvalue weighted by Crippen LogP contribution is -1.87. The Labute approximate surface area is 124 Å². The molecule has 0 saturated carbocycles. The van der Waals surface area contributed by atoms with E-state index in [2.05, 4.69) is 16.8 Å². The molecule has 0 amide bonds. The fraction of sp³-hybridized carbons (Fsp3) is 0.105. The first-order chi connectivity index (χ1) is 10.3. The summed E-state index contributed by atoms with van der Waals surface area (Å²) in [5, 5.41) is 1.13. The van der Waals surface area contributed by atoms with Crippen molar-refractivity contribution in [1.29, 1.82) is 0 Å². The van der Waals surface area contributed by atoms with Gasteiger partial charge < -0.3 is 4.74 Å². The zero-order valence-corrected chi connectivity index (χ0v) is 11.8. The zero-order valence-electron chi connectivity index (χ0n) is 11.8. The third-order valence-corrected chi connectivity index (χ3v) is 3.20. The molecule has 0 spiro atoms. The molecule has 0 fully saturated rings. The lowest BCUT2D eigenvalue weighted by molar-refractivity contribution is 0.185. The van der Waals surface area contributed by atoms with E-state index in [0.717, 1.165) is 27.7 Å². The molecule has 2 heteroatoms. The Bertz CT molecular complexity index is 810. The number of fused-ring (bicyclic) bond motifs is 1. The molecule has 0 aliphatic heterocycles. The number of nitrogens with zero attached hydrogens (tertiary/aromatic N) is 1. The number of hydrogen-bond donors (Lipinski definition) is 0. The van der Waals surface area contributed by atoms with Gasteiger partial charge in [-0.25, -0.2) is 4.98 Å². The first-order valence-electron chi connectivity index (χ1n) is 6.81. The minimum absolute atomic E-state index is 0.625. The second-order valence-corrected chi connectivity index (χ2v) is 4.77. The standard InChI is InChI=1S/C19H15NO/c1-21-14-16-8-6-15(7-9-16)10-12-18-13-11-17-4-2-3-5-19(17)20-18/h2-9,11,13H,14H2,1H3. The fourth-order valence-electron chi connectivity index (χ4n) is 2.12. The maximum Gasteiger partial charge on any atom is 0.114 e. The van der Waals surface area contributed by atoms with Crippen molar-refractivity contribution < 1.29 is 4.74 Å². The van der Waals surface area contributed by atoms with E-state index >= 15 is 0 Å². The SMILES string of the molecule is COCc1ccc(C#Cc2ccc3ccccc3n2)cc1. The Balaban J connectivity index is 1.84. The normalized spacial score (nSPS) is 10.1. The van der Waals surface area contributed by atoms with Gasteiger partial charge >= 0.3 is 0 Å². The second-order valence-electron chi connectivity index (χ2n) is 4.77. The number of aromatic nitrogens is 1. The molecule has 0 aliphatic carbocycles. The lowest BCUT2D eigenvalue weighted by atomic mass is 10.1. The van der Waals surface area contributed by atoms with E-state index in [1.54, 1.807) is 7.11 Å². The van der Waals surface area contributed by atoms with E-state index in [1.165, 1.54) is 0 Å². The second kappa shape index (κ2) is 6.21. The van der Waals surface area contributed by atoms with Gasteiger partial charge in [0.15, 0.2) is 0 Å². The van der Waals surface area contributed by atoms with Gasteiger partial charge in [-0.1, -0.05) is 42.3 Å². The lowest BCUT2D eigenvalue weighted by Gasteiger charge is -1.98. The summed E-state index contributed by atoms with van der Waals surface area (Å²) in [5.74, 6) is 6.25. The molecule has 0 N–H and O–H groups in total. The van der Waals surface area contributed by atoms with E-state index < -0.39 is 0 Å². The Morgan fingerprint density at radius 1 is 0.905 bits per heavy atom. The largest absolute Gasteiger partial charge is 0.380 e. The van der Waals surface area contributed by atoms with Gasteiger partial charge in [0.25, 0.3) is 0 Å². The van der Waals surface area contributed by atoms with Crippen LogP contribution in [0.25, 0.3) is 10.9 Å². The van der Waals surface area contributed by atoms with E-state index in [0.29, 0.717) is 6.61 Å². The van der Waals surface area contributed by atoms with Crippen LogP contribution in [0.5, 0.6) is 0 Å². The molecular weight excluding hydrogens is 258 g/mol. The monoisotopic (exact) mass is 273 g/mol. The van der Waals surface area contributed by atoms with E-state index in [1.807, 2.05) is 60.7 Å². The summed E-state index contributed by atoms with van der Waals surface area (Å²) >= 11 is 0. The van der Waals surface area contributed by atoms with Crippen LogP contribution in [0, 0.1) is 11.8 Å². The molecule has 0 saturated heterocycles. The number of rotatable bonds is 2. The highest BCUT2D eigenvalue weighted by atomic mass is 16.5. The molecule has 1 heterocycles. The number of methoxy groups -OCH3 is 1. The minimum atomic E-state index is 0.625. The highest BCUT2D eigenvalue weighted by Gasteiger charge is 1.95. The Morgan fingerprint density at radius 3 is 2.52 bits per heavy atom. The van der Waals surface area contributed by atoms with Gasteiger partial charge in [0.05, 0.1) is 12.1 Å². The molecule has 3 aromatic rings. The summed E-state index contributed by atoms with van der Waals surface area (Å²) in [7, 11) is 1.69. The van der Waals surface area contributed by atoms with Crippen molar-refractivity contribution in [3.05, 3.63) is 77.5 Å². The number of hydrogen-bond acceptors (Lipinski definition) is 2. The van der Waals surface area contributed by atoms with Crippen molar-refractivity contribution in [3.8, 4) is 11.8 Å². The Morgan fingerprint density at radius 2 is 1.71 bits per heavy atom. The molecule has 0 unspecified atom stereocenters. The van der Waals surface area contributed by atoms with Crippen LogP contribution >= 0.6 is 0 Å². The first kappa shape index (κ1) is 13.4. The molecule has 102 valence electrons. The van der Waals surface area contributed by atoms with Crippen molar-refractivity contribution in [2.24, 2.45) is 0 Å². The van der Waals surface area contributed by atoms with Gasteiger partial charge in [-0.3, -0.25) is 0 Å². The van der Waals surface area contributed by atoms with Crippen LogP contribution in [0.1, 0.15) is 16.8 Å². The average Bonchev–Trinajstić information content (AvgIpc) is 2.54. The maximum atomic E-state index is 5.09. The molecule has 0 atom stereocenters. The zero-order chi connectivity index (χ0) is 14.5.